The van der Waals surface area contributed by atoms with Crippen LogP contribution in [-0.4, -0.2) is 23.6 Å². The maximum Gasteiger partial charge on any atom is 0.263 e. The van der Waals surface area contributed by atoms with Crippen molar-refractivity contribution in [2.24, 2.45) is 0 Å². The van der Waals surface area contributed by atoms with Gasteiger partial charge < -0.3 is 0 Å². The zero-order valence-corrected chi connectivity index (χ0v) is 11.4. The van der Waals surface area contributed by atoms with E-state index in [1.807, 2.05) is 6.07 Å². The third-order valence-corrected chi connectivity index (χ3v) is 4.33. The molecule has 0 unspecified atom stereocenters. The highest BCUT2D eigenvalue weighted by molar-refractivity contribution is 7.93. The van der Waals surface area contributed by atoms with Crippen molar-refractivity contribution in [1.82, 2.24) is 15.2 Å². The highest BCUT2D eigenvalue weighted by Crippen LogP contribution is 2.24. The van der Waals surface area contributed by atoms with Crippen molar-refractivity contribution in [1.29, 1.82) is 5.26 Å². The Morgan fingerprint density at radius 3 is 2.90 bits per heavy atom. The maximum atomic E-state index is 12.5. The molecule has 0 bridgehead atoms. The summed E-state index contributed by atoms with van der Waals surface area (Å²) in [4.78, 5) is 4.08. The van der Waals surface area contributed by atoms with Gasteiger partial charge in [0.25, 0.3) is 10.0 Å². The van der Waals surface area contributed by atoms with Gasteiger partial charge in [-0.3, -0.25) is 14.8 Å². The zero-order valence-electron chi connectivity index (χ0n) is 10.6. The molecular formula is C13H9N5O2S. The Kier molecular flexibility index (Phi) is 3.04. The number of anilines is 1. The molecule has 0 spiro atoms. The van der Waals surface area contributed by atoms with Crippen LogP contribution in [0.5, 0.6) is 0 Å². The van der Waals surface area contributed by atoms with Gasteiger partial charge in [0.05, 0.1) is 11.1 Å². The molecule has 2 aromatic heterocycles. The molecule has 104 valence electrons. The fourth-order valence-electron chi connectivity index (χ4n) is 1.97. The molecule has 21 heavy (non-hydrogen) atoms. The van der Waals surface area contributed by atoms with Gasteiger partial charge in [-0.25, -0.2) is 8.42 Å². The molecule has 3 aromatic rings. The predicted molar refractivity (Wildman–Crippen MR) is 75.9 cm³/mol. The molecule has 3 rings (SSSR count). The predicted octanol–water partition coefficient (Wildman–Crippen LogP) is 1.63. The molecular weight excluding hydrogens is 290 g/mol. The van der Waals surface area contributed by atoms with E-state index in [4.69, 9.17) is 5.26 Å². The molecule has 0 atom stereocenters. The van der Waals surface area contributed by atoms with E-state index >= 15 is 0 Å². The third-order valence-electron chi connectivity index (χ3n) is 2.93. The van der Waals surface area contributed by atoms with E-state index in [1.165, 1.54) is 18.5 Å². The number of nitrogens with one attached hydrogen (secondary N) is 2. The summed E-state index contributed by atoms with van der Waals surface area (Å²) in [5.41, 5.74) is 0.125. The molecule has 0 saturated carbocycles. The molecule has 0 aliphatic heterocycles. The van der Waals surface area contributed by atoms with Gasteiger partial charge in [0.15, 0.2) is 5.82 Å². The SMILES string of the molecule is N#Cc1cn[nH]c1NS(=O)(=O)c1cccc2cnccc12. The Balaban J connectivity index is 2.11. The molecule has 2 N–H and O–H groups in total. The standard InChI is InChI=1S/C13H9N5O2S/c14-6-10-8-16-17-13(10)18-21(19,20)12-3-1-2-9-7-15-5-4-11(9)12/h1-5,7-8H,(H2,16,17,18). The lowest BCUT2D eigenvalue weighted by atomic mass is 10.2. The van der Waals surface area contributed by atoms with Crippen molar-refractivity contribution >= 4 is 26.6 Å². The van der Waals surface area contributed by atoms with E-state index in [0.29, 0.717) is 10.8 Å². The van der Waals surface area contributed by atoms with Crippen molar-refractivity contribution in [3.63, 3.8) is 0 Å². The molecule has 1 aromatic carbocycles. The number of sulfonamides is 1. The number of H-pyrrole nitrogens is 1. The fraction of sp³-hybridized carbons (Fsp3) is 0. The Morgan fingerprint density at radius 2 is 2.10 bits per heavy atom. The monoisotopic (exact) mass is 299 g/mol. The van der Waals surface area contributed by atoms with Crippen molar-refractivity contribution in [2.75, 3.05) is 4.72 Å². The summed E-state index contributed by atoms with van der Waals surface area (Å²) in [5.74, 6) is 0.0450. The van der Waals surface area contributed by atoms with Gasteiger partial charge in [0, 0.05) is 23.2 Å². The lowest BCUT2D eigenvalue weighted by Crippen LogP contribution is -2.14. The molecule has 8 heteroatoms. The second kappa shape index (κ2) is 4.88. The van der Waals surface area contributed by atoms with Gasteiger partial charge in [-0.05, 0) is 12.1 Å². The number of hydrogen-bond donors (Lipinski definition) is 2. The van der Waals surface area contributed by atoms with E-state index in [-0.39, 0.29) is 16.3 Å². The van der Waals surface area contributed by atoms with Gasteiger partial charge in [-0.1, -0.05) is 12.1 Å². The summed E-state index contributed by atoms with van der Waals surface area (Å²) in [6.45, 7) is 0. The first-order valence-electron chi connectivity index (χ1n) is 5.91. The topological polar surface area (TPSA) is 112 Å². The lowest BCUT2D eigenvalue weighted by Gasteiger charge is -2.09. The number of nitrogens with zero attached hydrogens (tertiary/aromatic N) is 3. The Bertz CT molecular complexity index is 951. The van der Waals surface area contributed by atoms with Crippen LogP contribution in [0, 0.1) is 11.3 Å². The lowest BCUT2D eigenvalue weighted by molar-refractivity contribution is 0.602. The summed E-state index contributed by atoms with van der Waals surface area (Å²) in [5, 5.41) is 16.3. The summed E-state index contributed by atoms with van der Waals surface area (Å²) in [6, 6.07) is 8.39. The highest BCUT2D eigenvalue weighted by atomic mass is 32.2. The highest BCUT2D eigenvalue weighted by Gasteiger charge is 2.19. The van der Waals surface area contributed by atoms with Crippen LogP contribution in [0.25, 0.3) is 10.8 Å². The number of aromatic nitrogens is 3. The molecule has 0 saturated heterocycles. The number of nitriles is 1. The van der Waals surface area contributed by atoms with Crippen molar-refractivity contribution < 1.29 is 8.42 Å². The summed E-state index contributed by atoms with van der Waals surface area (Å²) < 4.78 is 27.3. The van der Waals surface area contributed by atoms with Crippen LogP contribution in [0.4, 0.5) is 5.82 Å². The largest absolute Gasteiger partial charge is 0.264 e. The molecule has 0 fully saturated rings. The van der Waals surface area contributed by atoms with Crippen LogP contribution in [0.1, 0.15) is 5.56 Å². The van der Waals surface area contributed by atoms with E-state index in [1.54, 1.807) is 24.4 Å². The second-order valence-electron chi connectivity index (χ2n) is 4.23. The third kappa shape index (κ3) is 2.30. The number of benzene rings is 1. The molecule has 0 amide bonds. The van der Waals surface area contributed by atoms with E-state index in [9.17, 15) is 8.42 Å². The fourth-order valence-corrected chi connectivity index (χ4v) is 3.23. The van der Waals surface area contributed by atoms with Crippen LogP contribution in [0.15, 0.2) is 47.8 Å². The first-order chi connectivity index (χ1) is 10.1. The van der Waals surface area contributed by atoms with Crippen LogP contribution in [0.3, 0.4) is 0 Å². The summed E-state index contributed by atoms with van der Waals surface area (Å²) in [6.07, 6.45) is 4.37. The van der Waals surface area contributed by atoms with E-state index < -0.39 is 10.0 Å². The normalized spacial score (nSPS) is 11.2. The van der Waals surface area contributed by atoms with Crippen molar-refractivity contribution in [3.05, 3.63) is 48.4 Å². The van der Waals surface area contributed by atoms with Crippen molar-refractivity contribution in [2.45, 2.75) is 4.90 Å². The number of aromatic amines is 1. The van der Waals surface area contributed by atoms with Gasteiger partial charge in [-0.2, -0.15) is 10.4 Å². The minimum atomic E-state index is -3.84. The Morgan fingerprint density at radius 1 is 1.24 bits per heavy atom. The zero-order chi connectivity index (χ0) is 14.9. The summed E-state index contributed by atoms with van der Waals surface area (Å²) >= 11 is 0. The average Bonchev–Trinajstić information content (AvgIpc) is 2.93. The van der Waals surface area contributed by atoms with Crippen LogP contribution in [-0.2, 0) is 10.0 Å². The average molecular weight is 299 g/mol. The van der Waals surface area contributed by atoms with Crippen LogP contribution in [0.2, 0.25) is 0 Å². The number of hydrogen-bond acceptors (Lipinski definition) is 5. The van der Waals surface area contributed by atoms with Gasteiger partial charge in [-0.15, -0.1) is 0 Å². The summed E-state index contributed by atoms with van der Waals surface area (Å²) in [7, 11) is -3.84. The first kappa shape index (κ1) is 13.1. The van der Waals surface area contributed by atoms with Gasteiger partial charge in [0.2, 0.25) is 0 Å². The quantitative estimate of drug-likeness (QED) is 0.763. The maximum absolute atomic E-state index is 12.5. The van der Waals surface area contributed by atoms with E-state index in [0.717, 1.165) is 0 Å². The first-order valence-corrected chi connectivity index (χ1v) is 7.39. The Hall–Kier alpha value is -2.92. The number of pyridine rings is 1. The number of fused-ring (bicyclic) bond motifs is 1. The molecule has 0 aliphatic carbocycles. The minimum absolute atomic E-state index is 0.0450. The second-order valence-corrected chi connectivity index (χ2v) is 5.88. The molecule has 7 nitrogen and oxygen atoms in total. The van der Waals surface area contributed by atoms with Crippen LogP contribution < -0.4 is 4.72 Å². The van der Waals surface area contributed by atoms with Gasteiger partial charge in [0.1, 0.15) is 11.6 Å². The molecule has 2 heterocycles. The molecule has 0 aliphatic rings. The molecule has 0 radical (unpaired) electrons. The number of rotatable bonds is 3. The minimum Gasteiger partial charge on any atom is -0.264 e. The van der Waals surface area contributed by atoms with Crippen molar-refractivity contribution in [3.8, 4) is 6.07 Å². The smallest absolute Gasteiger partial charge is 0.263 e. The van der Waals surface area contributed by atoms with E-state index in [2.05, 4.69) is 19.9 Å². The van der Waals surface area contributed by atoms with Gasteiger partial charge >= 0.3 is 0 Å². The Labute approximate surface area is 120 Å². The van der Waals surface area contributed by atoms with Crippen LogP contribution >= 0.6 is 0 Å².